The van der Waals surface area contributed by atoms with E-state index in [1.54, 1.807) is 7.11 Å². The van der Waals surface area contributed by atoms with Crippen molar-refractivity contribution in [2.75, 3.05) is 33.4 Å². The van der Waals surface area contributed by atoms with Gasteiger partial charge in [0, 0.05) is 12.0 Å². The highest BCUT2D eigenvalue weighted by molar-refractivity contribution is 5.56. The topological polar surface area (TPSA) is 39.7 Å². The number of rotatable bonds is 2. The van der Waals surface area contributed by atoms with E-state index >= 15 is 0 Å². The number of nitrogens with one attached hydrogen (secondary N) is 1. The molecule has 1 aromatic rings. The lowest BCUT2D eigenvalue weighted by Gasteiger charge is -2.27. The van der Waals surface area contributed by atoms with Gasteiger partial charge in [0.05, 0.1) is 20.3 Å². The molecule has 0 atom stereocenters. The predicted molar refractivity (Wildman–Crippen MR) is 73.4 cm³/mol. The molecular weight excluding hydrogens is 242 g/mol. The molecule has 2 aliphatic heterocycles. The minimum Gasteiger partial charge on any atom is -0.496 e. The van der Waals surface area contributed by atoms with Crippen LogP contribution in [0.4, 0.5) is 0 Å². The third-order valence-corrected chi connectivity index (χ3v) is 3.88. The van der Waals surface area contributed by atoms with Gasteiger partial charge < -0.3 is 19.5 Å². The fraction of sp³-hybridized carbons (Fsp3) is 0.600. The highest BCUT2D eigenvalue weighted by Gasteiger charge is 2.26. The Kier molecular flexibility index (Phi) is 3.78. The lowest BCUT2D eigenvalue weighted by Crippen LogP contribution is -2.27. The molecule has 0 bridgehead atoms. The zero-order valence-corrected chi connectivity index (χ0v) is 11.4. The van der Waals surface area contributed by atoms with Crippen LogP contribution in [-0.2, 0) is 0 Å². The smallest absolute Gasteiger partial charge is 0.168 e. The van der Waals surface area contributed by atoms with Crippen molar-refractivity contribution < 1.29 is 14.2 Å². The second-order valence-corrected chi connectivity index (χ2v) is 5.08. The Morgan fingerprint density at radius 3 is 2.74 bits per heavy atom. The maximum absolute atomic E-state index is 5.95. The molecule has 19 heavy (non-hydrogen) atoms. The molecule has 0 saturated carbocycles. The zero-order valence-electron chi connectivity index (χ0n) is 11.4. The number of hydrogen-bond acceptors (Lipinski definition) is 4. The standard InChI is InChI=1S/C15H21NO3/c1-17-12-3-4-13-15(19-10-2-9-18-13)14(12)11-5-7-16-8-6-11/h3-4,11,16H,2,5-10H2,1H3. The van der Waals surface area contributed by atoms with E-state index in [4.69, 9.17) is 14.2 Å². The molecule has 1 fully saturated rings. The van der Waals surface area contributed by atoms with Crippen molar-refractivity contribution in [1.82, 2.24) is 5.32 Å². The molecule has 0 unspecified atom stereocenters. The Hall–Kier alpha value is -1.42. The molecule has 1 N–H and O–H groups in total. The number of methoxy groups -OCH3 is 1. The maximum Gasteiger partial charge on any atom is 0.168 e. The van der Waals surface area contributed by atoms with Crippen LogP contribution in [0.3, 0.4) is 0 Å². The van der Waals surface area contributed by atoms with Gasteiger partial charge in [-0.05, 0) is 44.0 Å². The minimum absolute atomic E-state index is 0.493. The Balaban J connectivity index is 2.02. The summed E-state index contributed by atoms with van der Waals surface area (Å²) in [5.41, 5.74) is 1.20. The predicted octanol–water partition coefficient (Wildman–Crippen LogP) is 2.32. The molecule has 4 heteroatoms. The van der Waals surface area contributed by atoms with E-state index in [2.05, 4.69) is 5.32 Å². The first-order valence-electron chi connectivity index (χ1n) is 7.07. The van der Waals surface area contributed by atoms with Gasteiger partial charge in [-0.2, -0.15) is 0 Å². The summed E-state index contributed by atoms with van der Waals surface area (Å²) in [6, 6.07) is 3.97. The van der Waals surface area contributed by atoms with Crippen LogP contribution in [0.25, 0.3) is 0 Å². The molecule has 0 aromatic heterocycles. The first-order chi connectivity index (χ1) is 9.40. The molecule has 104 valence electrons. The molecular formula is C15H21NO3. The van der Waals surface area contributed by atoms with Gasteiger partial charge in [0.1, 0.15) is 5.75 Å². The van der Waals surface area contributed by atoms with Gasteiger partial charge in [0.2, 0.25) is 0 Å². The van der Waals surface area contributed by atoms with Crippen molar-refractivity contribution >= 4 is 0 Å². The minimum atomic E-state index is 0.493. The molecule has 2 aliphatic rings. The number of ether oxygens (including phenoxy) is 3. The third kappa shape index (κ3) is 2.50. The molecule has 0 amide bonds. The number of piperidine rings is 1. The van der Waals surface area contributed by atoms with Gasteiger partial charge >= 0.3 is 0 Å². The maximum atomic E-state index is 5.95. The molecule has 1 saturated heterocycles. The number of fused-ring (bicyclic) bond motifs is 1. The summed E-state index contributed by atoms with van der Waals surface area (Å²) in [6.07, 6.45) is 3.18. The monoisotopic (exact) mass is 263 g/mol. The van der Waals surface area contributed by atoms with Crippen LogP contribution in [0.1, 0.15) is 30.7 Å². The Labute approximate surface area is 114 Å². The van der Waals surface area contributed by atoms with Crippen molar-refractivity contribution in [2.45, 2.75) is 25.2 Å². The third-order valence-electron chi connectivity index (χ3n) is 3.88. The van der Waals surface area contributed by atoms with Crippen molar-refractivity contribution in [3.63, 3.8) is 0 Å². The number of benzene rings is 1. The van der Waals surface area contributed by atoms with Crippen LogP contribution in [-0.4, -0.2) is 33.4 Å². The molecule has 3 rings (SSSR count). The Morgan fingerprint density at radius 2 is 1.95 bits per heavy atom. The summed E-state index contributed by atoms with van der Waals surface area (Å²) < 4.78 is 17.3. The average Bonchev–Trinajstić information content (AvgIpc) is 2.72. The lowest BCUT2D eigenvalue weighted by atomic mass is 9.88. The Bertz CT molecular complexity index is 441. The highest BCUT2D eigenvalue weighted by atomic mass is 16.5. The average molecular weight is 263 g/mol. The van der Waals surface area contributed by atoms with Crippen molar-refractivity contribution in [3.8, 4) is 17.2 Å². The normalized spacial score (nSPS) is 19.8. The van der Waals surface area contributed by atoms with Crippen LogP contribution >= 0.6 is 0 Å². The van der Waals surface area contributed by atoms with Crippen LogP contribution in [0, 0.1) is 0 Å². The fourth-order valence-corrected chi connectivity index (χ4v) is 2.91. The van der Waals surface area contributed by atoms with Gasteiger partial charge in [0.15, 0.2) is 11.5 Å². The van der Waals surface area contributed by atoms with Gasteiger partial charge in [-0.1, -0.05) is 0 Å². The second kappa shape index (κ2) is 5.70. The van der Waals surface area contributed by atoms with Gasteiger partial charge in [-0.3, -0.25) is 0 Å². The molecule has 0 radical (unpaired) electrons. The summed E-state index contributed by atoms with van der Waals surface area (Å²) in [5.74, 6) is 3.19. The fourth-order valence-electron chi connectivity index (χ4n) is 2.91. The number of hydrogen-bond donors (Lipinski definition) is 1. The van der Waals surface area contributed by atoms with Crippen LogP contribution < -0.4 is 19.5 Å². The van der Waals surface area contributed by atoms with E-state index < -0.39 is 0 Å². The van der Waals surface area contributed by atoms with E-state index in [0.717, 1.165) is 62.8 Å². The molecule has 2 heterocycles. The molecule has 0 spiro atoms. The zero-order chi connectivity index (χ0) is 13.1. The van der Waals surface area contributed by atoms with E-state index in [-0.39, 0.29) is 0 Å². The van der Waals surface area contributed by atoms with Crippen molar-refractivity contribution in [2.24, 2.45) is 0 Å². The molecule has 0 aliphatic carbocycles. The lowest BCUT2D eigenvalue weighted by molar-refractivity contribution is 0.293. The van der Waals surface area contributed by atoms with Gasteiger partial charge in [-0.15, -0.1) is 0 Å². The first kappa shape index (κ1) is 12.6. The largest absolute Gasteiger partial charge is 0.496 e. The summed E-state index contributed by atoms with van der Waals surface area (Å²) in [5, 5.41) is 3.40. The van der Waals surface area contributed by atoms with Crippen LogP contribution in [0.5, 0.6) is 17.2 Å². The van der Waals surface area contributed by atoms with E-state index in [1.807, 2.05) is 12.1 Å². The Morgan fingerprint density at radius 1 is 1.16 bits per heavy atom. The van der Waals surface area contributed by atoms with E-state index in [1.165, 1.54) is 5.56 Å². The van der Waals surface area contributed by atoms with Gasteiger partial charge in [-0.25, -0.2) is 0 Å². The summed E-state index contributed by atoms with van der Waals surface area (Å²) in [6.45, 7) is 3.56. The van der Waals surface area contributed by atoms with Crippen molar-refractivity contribution in [1.29, 1.82) is 0 Å². The molecule has 4 nitrogen and oxygen atoms in total. The highest BCUT2D eigenvalue weighted by Crippen LogP contribution is 2.45. The quantitative estimate of drug-likeness (QED) is 0.889. The van der Waals surface area contributed by atoms with Crippen LogP contribution in [0.15, 0.2) is 12.1 Å². The second-order valence-electron chi connectivity index (χ2n) is 5.08. The SMILES string of the molecule is COc1ccc2c(c1C1CCNCC1)OCCCO2. The van der Waals surface area contributed by atoms with E-state index in [0.29, 0.717) is 5.92 Å². The van der Waals surface area contributed by atoms with Crippen LogP contribution in [0.2, 0.25) is 0 Å². The summed E-state index contributed by atoms with van der Waals surface area (Å²) in [4.78, 5) is 0. The van der Waals surface area contributed by atoms with Crippen molar-refractivity contribution in [3.05, 3.63) is 17.7 Å². The summed E-state index contributed by atoms with van der Waals surface area (Å²) in [7, 11) is 1.73. The van der Waals surface area contributed by atoms with Gasteiger partial charge in [0.25, 0.3) is 0 Å². The molecule has 1 aromatic carbocycles. The summed E-state index contributed by atoms with van der Waals surface area (Å²) >= 11 is 0. The van der Waals surface area contributed by atoms with E-state index in [9.17, 15) is 0 Å². The first-order valence-corrected chi connectivity index (χ1v) is 7.07.